The third-order valence-electron chi connectivity index (χ3n) is 18.8. The Labute approximate surface area is 505 Å². The van der Waals surface area contributed by atoms with E-state index in [1.165, 1.54) is 0 Å². The Balaban J connectivity index is 0.685. The van der Waals surface area contributed by atoms with Gasteiger partial charge in [0.15, 0.2) is 0 Å². The molecule has 22 nitrogen and oxygen atoms in total. The van der Waals surface area contributed by atoms with Crippen LogP contribution in [-0.4, -0.2) is 174 Å². The minimum absolute atomic E-state index is 0.0150. The number of nitrogens with one attached hydrogen (secondary N) is 8. The predicted octanol–water partition coefficient (Wildman–Crippen LogP) is 3.07. The molecule has 8 N–H and O–H groups in total. The summed E-state index contributed by atoms with van der Waals surface area (Å²) in [6.07, 6.45) is 12.5. The molecule has 470 valence electrons. The van der Waals surface area contributed by atoms with E-state index < -0.39 is 59.2 Å². The van der Waals surface area contributed by atoms with Gasteiger partial charge in [-0.15, -0.1) is 0 Å². The zero-order valence-corrected chi connectivity index (χ0v) is 50.7. The van der Waals surface area contributed by atoms with Crippen LogP contribution in [-0.2, 0) is 60.6 Å². The largest absolute Gasteiger partial charge is 0.378 e. The van der Waals surface area contributed by atoms with Crippen LogP contribution in [0.1, 0.15) is 138 Å². The number of amides is 6. The van der Waals surface area contributed by atoms with Crippen molar-refractivity contribution < 1.29 is 47.7 Å². The molecule has 0 spiro atoms. The van der Waals surface area contributed by atoms with Gasteiger partial charge >= 0.3 is 0 Å². The van der Waals surface area contributed by atoms with Crippen LogP contribution in [0.25, 0.3) is 0 Å². The Kier molecular flexibility index (Phi) is 23.2. The number of ether oxygens (including phenoxy) is 4. The highest BCUT2D eigenvalue weighted by molar-refractivity contribution is 5.95. The van der Waals surface area contributed by atoms with E-state index >= 15 is 0 Å². The molecule has 2 saturated heterocycles. The van der Waals surface area contributed by atoms with Gasteiger partial charge in [0, 0.05) is 39.0 Å². The zero-order chi connectivity index (χ0) is 60.7. The second-order valence-corrected chi connectivity index (χ2v) is 24.3. The number of fused-ring (bicyclic) bond motifs is 2. The molecule has 22 heteroatoms. The third kappa shape index (κ3) is 15.5. The summed E-state index contributed by atoms with van der Waals surface area (Å²) in [4.78, 5) is 112. The van der Waals surface area contributed by atoms with Gasteiger partial charge in [-0.25, -0.2) is 0 Å². The highest BCUT2D eigenvalue weighted by Crippen LogP contribution is 2.37. The van der Waals surface area contributed by atoms with Crippen LogP contribution in [0.4, 0.5) is 11.4 Å². The summed E-state index contributed by atoms with van der Waals surface area (Å²) in [6.45, 7) is 6.35. The van der Waals surface area contributed by atoms with Gasteiger partial charge < -0.3 is 71.3 Å². The predicted molar refractivity (Wildman–Crippen MR) is 325 cm³/mol. The van der Waals surface area contributed by atoms with E-state index in [1.54, 1.807) is 37.7 Å². The zero-order valence-electron chi connectivity index (χ0n) is 50.7. The first kappa shape index (κ1) is 64.2. The second kappa shape index (κ2) is 31.1. The minimum atomic E-state index is -0.691. The van der Waals surface area contributed by atoms with Gasteiger partial charge in [0.2, 0.25) is 35.4 Å². The average Bonchev–Trinajstić information content (AvgIpc) is 3.10. The molecular weight excluding hydrogens is 1100 g/mol. The Morgan fingerprint density at radius 2 is 0.907 bits per heavy atom. The molecule has 10 atom stereocenters. The van der Waals surface area contributed by atoms with E-state index in [9.17, 15) is 38.4 Å². The maximum atomic E-state index is 14.3. The number of likely N-dealkylation sites (tertiary alicyclic amines) is 2. The number of carbonyl (C=O) groups is 6. The molecule has 0 aromatic heterocycles. The van der Waals surface area contributed by atoms with Gasteiger partial charge in [-0.05, 0) is 113 Å². The van der Waals surface area contributed by atoms with E-state index in [1.807, 2.05) is 48.5 Å². The van der Waals surface area contributed by atoms with Gasteiger partial charge in [0.1, 0.15) is 35.5 Å². The number of carbonyl (C=O) groups excluding carboxylic acids is 6. The third-order valence-corrected chi connectivity index (χ3v) is 18.8. The quantitative estimate of drug-likeness (QED) is 0.0352. The number of likely N-dealkylation sites (N-methyl/N-ethyl adjacent to an activating group) is 2. The van der Waals surface area contributed by atoms with E-state index in [2.05, 4.69) is 42.5 Å². The van der Waals surface area contributed by atoms with Gasteiger partial charge in [-0.3, -0.25) is 38.4 Å². The second-order valence-electron chi connectivity index (χ2n) is 24.3. The van der Waals surface area contributed by atoms with E-state index in [4.69, 9.17) is 18.9 Å². The number of nitrogens with zero attached hydrogens (tertiary/aromatic N) is 2. The molecule has 6 aliphatic rings. The topological polar surface area (TPSA) is 276 Å². The van der Waals surface area contributed by atoms with Gasteiger partial charge in [0.05, 0.1) is 76.0 Å². The van der Waals surface area contributed by atoms with E-state index in [0.29, 0.717) is 51.6 Å². The normalized spacial score (nSPS) is 23.7. The SMILES string of the molecule is CN[C@@H](C)C(=O)N[C@H](C(=O)N1CCC[C@H]1C(=O)N[C@H]1c2ccccc2C[C@H]1OCCOCCNc1c(NCCOCCO[C@@H]2Cc3ccccc3[C@@H]2NC(=O)[C@@H]2CCCN2C(=O)[C@@H](NC(=O)[C@H](C)NC)C2CCCCC2)c(=O)c1=O)C1CCCCC1. The molecule has 0 unspecified atom stereocenters. The van der Waals surface area contributed by atoms with Crippen LogP contribution >= 0.6 is 0 Å². The lowest BCUT2D eigenvalue weighted by Gasteiger charge is -2.35. The molecule has 3 aromatic rings. The van der Waals surface area contributed by atoms with E-state index in [-0.39, 0.29) is 124 Å². The standard InChI is InChI=1S/C64H92N10O12/c1-39(65-3)59(77)69-51(41-17-7-5-8-18-41)63(81)73-29-15-25-47(73)61(79)71-53-45-23-13-11-21-43(45)37-49(53)85-35-33-83-31-27-67-55-56(58(76)57(55)75)68-28-32-84-34-36-86-50-38-44-22-12-14-24-46(44)54(50)72-62(80)48-26-16-30-74(48)64(82)52(42-19-9-6-10-20-42)70-60(78)40(2)66-4/h11-14,21-24,39-42,47-54,65-68H,5-10,15-20,25-38H2,1-4H3,(H,69,77)(H,70,78)(H,71,79)(H,72,80)/t39-,40-,47-,48-,49+,50+,51-,52-,53-,54-/m0/s1. The molecule has 0 radical (unpaired) electrons. The molecule has 4 fully saturated rings. The van der Waals surface area contributed by atoms with Crippen molar-refractivity contribution in [2.45, 2.75) is 177 Å². The summed E-state index contributed by atoms with van der Waals surface area (Å²) in [5.41, 5.74) is 3.22. The molecule has 2 heterocycles. The lowest BCUT2D eigenvalue weighted by molar-refractivity contribution is -0.143. The first-order valence-electron chi connectivity index (χ1n) is 31.8. The number of benzene rings is 2. The van der Waals surface area contributed by atoms with Gasteiger partial charge in [0.25, 0.3) is 10.9 Å². The summed E-state index contributed by atoms with van der Waals surface area (Å²) in [6, 6.07) is 11.3. The Hall–Kier alpha value is -6.30. The van der Waals surface area contributed by atoms with Crippen molar-refractivity contribution in [3.8, 4) is 0 Å². The fourth-order valence-electron chi connectivity index (χ4n) is 13.7. The van der Waals surface area contributed by atoms with Crippen molar-refractivity contribution in [1.82, 2.24) is 41.7 Å². The molecule has 2 aliphatic heterocycles. The fraction of sp³-hybridized carbons (Fsp3) is 0.656. The molecule has 6 amide bonds. The average molecular weight is 1190 g/mol. The van der Waals surface area contributed by atoms with Crippen LogP contribution in [0, 0.1) is 11.8 Å². The van der Waals surface area contributed by atoms with Crippen LogP contribution in [0.3, 0.4) is 0 Å². The van der Waals surface area contributed by atoms with Gasteiger partial charge in [-0.1, -0.05) is 87.1 Å². The van der Waals surface area contributed by atoms with Crippen molar-refractivity contribution >= 4 is 46.8 Å². The van der Waals surface area contributed by atoms with Crippen LogP contribution in [0.15, 0.2) is 58.1 Å². The van der Waals surface area contributed by atoms with Crippen molar-refractivity contribution in [2.75, 3.05) is 90.5 Å². The number of anilines is 2. The number of hydrogen-bond acceptors (Lipinski definition) is 16. The molecular formula is C64H92N10O12. The van der Waals surface area contributed by atoms with E-state index in [0.717, 1.165) is 86.5 Å². The van der Waals surface area contributed by atoms with Crippen molar-refractivity contribution in [3.63, 3.8) is 0 Å². The molecule has 3 aromatic carbocycles. The lowest BCUT2D eigenvalue weighted by atomic mass is 9.83. The van der Waals surface area contributed by atoms with Crippen LogP contribution < -0.4 is 53.4 Å². The Morgan fingerprint density at radius 1 is 0.512 bits per heavy atom. The summed E-state index contributed by atoms with van der Waals surface area (Å²) in [7, 11) is 3.42. The maximum absolute atomic E-state index is 14.3. The van der Waals surface area contributed by atoms with Gasteiger partial charge in [-0.2, -0.15) is 0 Å². The summed E-state index contributed by atoms with van der Waals surface area (Å²) in [5.74, 6) is -1.31. The fourth-order valence-corrected chi connectivity index (χ4v) is 13.7. The number of hydrogen-bond donors (Lipinski definition) is 8. The molecule has 86 heavy (non-hydrogen) atoms. The summed E-state index contributed by atoms with van der Waals surface area (Å²) >= 11 is 0. The van der Waals surface area contributed by atoms with Crippen molar-refractivity contribution in [2.24, 2.45) is 11.8 Å². The highest BCUT2D eigenvalue weighted by atomic mass is 16.5. The molecule has 4 aliphatic carbocycles. The Morgan fingerprint density at radius 3 is 1.30 bits per heavy atom. The first-order valence-corrected chi connectivity index (χ1v) is 31.8. The smallest absolute Gasteiger partial charge is 0.253 e. The summed E-state index contributed by atoms with van der Waals surface area (Å²) < 4.78 is 24.5. The molecule has 0 bridgehead atoms. The van der Waals surface area contributed by atoms with Crippen LogP contribution in [0.2, 0.25) is 0 Å². The highest BCUT2D eigenvalue weighted by Gasteiger charge is 2.45. The Bertz CT molecular complexity index is 2680. The van der Waals surface area contributed by atoms with Crippen molar-refractivity contribution in [1.29, 1.82) is 0 Å². The summed E-state index contributed by atoms with van der Waals surface area (Å²) in [5, 5.41) is 24.6. The molecule has 2 saturated carbocycles. The maximum Gasteiger partial charge on any atom is 0.253 e. The van der Waals surface area contributed by atoms with Crippen molar-refractivity contribution in [3.05, 3.63) is 91.2 Å². The first-order chi connectivity index (χ1) is 41.8. The lowest BCUT2D eigenvalue weighted by Crippen LogP contribution is -2.58. The monoisotopic (exact) mass is 1190 g/mol. The minimum Gasteiger partial charge on any atom is -0.378 e. The number of rotatable bonds is 30. The molecule has 9 rings (SSSR count). The van der Waals surface area contributed by atoms with Crippen LogP contribution in [0.5, 0.6) is 0 Å².